The zero-order chi connectivity index (χ0) is 24.9. The zero-order valence-electron chi connectivity index (χ0n) is 21.5. The van der Waals surface area contributed by atoms with Gasteiger partial charge in [0.25, 0.3) is 5.91 Å². The lowest BCUT2D eigenvalue weighted by molar-refractivity contribution is 0.0939. The van der Waals surface area contributed by atoms with E-state index in [2.05, 4.69) is 51.5 Å². The number of benzene rings is 2. The first-order valence-corrected chi connectivity index (χ1v) is 12.3. The van der Waals surface area contributed by atoms with Crippen molar-refractivity contribution in [3.8, 4) is 16.9 Å². The molecule has 2 aliphatic heterocycles. The molecule has 2 aliphatic rings. The maximum atomic E-state index is 13.4. The van der Waals surface area contributed by atoms with Crippen LogP contribution in [0.2, 0.25) is 0 Å². The molecule has 0 aliphatic carbocycles. The fraction of sp³-hybridized carbons (Fsp3) is 0.429. The number of anilines is 1. The molecule has 35 heavy (non-hydrogen) atoms. The van der Waals surface area contributed by atoms with Crippen LogP contribution >= 0.6 is 0 Å². The summed E-state index contributed by atoms with van der Waals surface area (Å²) in [4.78, 5) is 18.3. The van der Waals surface area contributed by atoms with E-state index >= 15 is 0 Å². The Morgan fingerprint density at radius 3 is 2.51 bits per heavy atom. The third-order valence-electron chi connectivity index (χ3n) is 7.69. The molecule has 2 unspecified atom stereocenters. The maximum Gasteiger partial charge on any atom is 0.252 e. The summed E-state index contributed by atoms with van der Waals surface area (Å²) in [5.74, 6) is 0.741. The number of carbonyl (C=O) groups excluding carboxylic acids is 1. The monoisotopic (exact) mass is 473 g/mol. The summed E-state index contributed by atoms with van der Waals surface area (Å²) in [5.41, 5.74) is 6.83. The molecule has 2 fully saturated rings. The number of aryl methyl sites for hydroxylation is 3. The second kappa shape index (κ2) is 9.04. The van der Waals surface area contributed by atoms with Crippen LogP contribution in [0, 0.1) is 13.8 Å². The lowest BCUT2D eigenvalue weighted by Crippen LogP contribution is -2.44. The summed E-state index contributed by atoms with van der Waals surface area (Å²) < 4.78 is 7.43. The Morgan fingerprint density at radius 1 is 1.09 bits per heavy atom. The highest BCUT2D eigenvalue weighted by molar-refractivity contribution is 5.97. The maximum absolute atomic E-state index is 13.4. The number of hydrogen-bond donors (Lipinski definition) is 1. The Labute approximate surface area is 207 Å². The highest BCUT2D eigenvalue weighted by Gasteiger charge is 2.41. The van der Waals surface area contributed by atoms with Gasteiger partial charge in [-0.05, 0) is 69.6 Å². The molecule has 2 saturated heterocycles. The number of ether oxygens (including phenoxy) is 1. The Bertz CT molecular complexity index is 1260. The van der Waals surface area contributed by atoms with Crippen molar-refractivity contribution in [3.05, 3.63) is 65.0 Å². The van der Waals surface area contributed by atoms with E-state index in [-0.39, 0.29) is 11.9 Å². The molecule has 2 aromatic carbocycles. The third kappa shape index (κ3) is 4.29. The van der Waals surface area contributed by atoms with Crippen LogP contribution in [0.15, 0.2) is 42.6 Å². The first kappa shape index (κ1) is 23.4. The van der Waals surface area contributed by atoms with E-state index in [1.807, 2.05) is 50.8 Å². The summed E-state index contributed by atoms with van der Waals surface area (Å²) in [7, 11) is 5.80. The van der Waals surface area contributed by atoms with E-state index in [0.717, 1.165) is 58.0 Å². The predicted octanol–water partition coefficient (Wildman–Crippen LogP) is 4.10. The molecule has 3 atom stereocenters. The number of likely N-dealkylation sites (N-methyl/N-ethyl adjacent to an activating group) is 1. The smallest absolute Gasteiger partial charge is 0.252 e. The minimum absolute atomic E-state index is 0.0479. The van der Waals surface area contributed by atoms with Gasteiger partial charge in [-0.1, -0.05) is 12.1 Å². The Kier molecular flexibility index (Phi) is 6.05. The molecule has 3 aromatic rings. The van der Waals surface area contributed by atoms with Gasteiger partial charge in [-0.15, -0.1) is 0 Å². The van der Waals surface area contributed by atoms with Gasteiger partial charge in [-0.3, -0.25) is 14.4 Å². The number of hydrogen-bond acceptors (Lipinski definition) is 5. The minimum atomic E-state index is -0.163. The van der Waals surface area contributed by atoms with Crippen LogP contribution in [0.5, 0.6) is 5.75 Å². The number of piperazine rings is 1. The van der Waals surface area contributed by atoms with Crippen LogP contribution in [0.4, 0.5) is 5.69 Å². The lowest BCUT2D eigenvalue weighted by atomic mass is 9.99. The Hall–Kier alpha value is -3.32. The lowest BCUT2D eigenvalue weighted by Gasteiger charge is -2.34. The third-order valence-corrected chi connectivity index (χ3v) is 7.69. The fourth-order valence-electron chi connectivity index (χ4n) is 5.64. The molecule has 0 spiro atoms. The molecule has 0 radical (unpaired) electrons. The van der Waals surface area contributed by atoms with Crippen molar-refractivity contribution in [3.63, 3.8) is 0 Å². The summed E-state index contributed by atoms with van der Waals surface area (Å²) in [6.07, 6.45) is 3.21. The molecule has 1 amide bonds. The van der Waals surface area contributed by atoms with Gasteiger partial charge >= 0.3 is 0 Å². The first-order chi connectivity index (χ1) is 16.7. The SMILES string of the molecule is COc1ccc([C@@H](C)NC(=O)c2cc(N3CC4CC3CN4C)ccc2C)cc1-c1cn(C)nc1C. The molecule has 0 saturated carbocycles. The predicted molar refractivity (Wildman–Crippen MR) is 139 cm³/mol. The summed E-state index contributed by atoms with van der Waals surface area (Å²) >= 11 is 0. The number of nitrogens with zero attached hydrogens (tertiary/aromatic N) is 4. The number of carbonyl (C=O) groups is 1. The zero-order valence-corrected chi connectivity index (χ0v) is 21.5. The van der Waals surface area contributed by atoms with Crippen molar-refractivity contribution in [1.29, 1.82) is 0 Å². The van der Waals surface area contributed by atoms with E-state index in [1.54, 1.807) is 7.11 Å². The van der Waals surface area contributed by atoms with Crippen LogP contribution in [-0.4, -0.2) is 59.9 Å². The number of rotatable bonds is 6. The summed E-state index contributed by atoms with van der Waals surface area (Å²) in [6.45, 7) is 8.14. The average molecular weight is 474 g/mol. The van der Waals surface area contributed by atoms with Gasteiger partial charge in [0.2, 0.25) is 0 Å². The largest absolute Gasteiger partial charge is 0.496 e. The molecule has 1 N–H and O–H groups in total. The van der Waals surface area contributed by atoms with Gasteiger partial charge in [0.15, 0.2) is 0 Å². The van der Waals surface area contributed by atoms with Crippen molar-refractivity contribution >= 4 is 11.6 Å². The number of amides is 1. The van der Waals surface area contributed by atoms with Crippen molar-refractivity contribution < 1.29 is 9.53 Å². The number of likely N-dealkylation sites (tertiary alicyclic amines) is 1. The molecule has 7 nitrogen and oxygen atoms in total. The summed E-state index contributed by atoms with van der Waals surface area (Å²) in [5, 5.41) is 7.70. The van der Waals surface area contributed by atoms with Crippen LogP contribution < -0.4 is 15.0 Å². The standard InChI is InChI=1S/C28H35N5O2/c1-17-7-9-21(33-15-22-12-23(33)14-31(22)4)13-24(17)28(34)29-18(2)20-8-10-27(35-6)25(11-20)26-16-32(5)30-19(26)3/h7-11,13,16,18,22-23H,12,14-15H2,1-6H3,(H,29,34)/t18-,22?,23?/m1/s1. The van der Waals surface area contributed by atoms with Crippen molar-refractivity contribution in [1.82, 2.24) is 20.0 Å². The Balaban J connectivity index is 1.37. The Morgan fingerprint density at radius 2 is 1.89 bits per heavy atom. The molecular formula is C28H35N5O2. The average Bonchev–Trinajstić information content (AvgIpc) is 3.51. The van der Waals surface area contributed by atoms with Crippen molar-refractivity contribution in [2.75, 3.05) is 32.1 Å². The molecule has 7 heteroatoms. The van der Waals surface area contributed by atoms with Crippen molar-refractivity contribution in [2.45, 2.75) is 45.3 Å². The van der Waals surface area contributed by atoms with Crippen LogP contribution in [-0.2, 0) is 7.05 Å². The van der Waals surface area contributed by atoms with Gasteiger partial charge in [-0.2, -0.15) is 5.10 Å². The van der Waals surface area contributed by atoms with E-state index < -0.39 is 0 Å². The molecule has 5 rings (SSSR count). The fourth-order valence-corrected chi connectivity index (χ4v) is 5.64. The molecule has 3 heterocycles. The second-order valence-electron chi connectivity index (χ2n) is 10.1. The van der Waals surface area contributed by atoms with E-state index in [4.69, 9.17) is 4.74 Å². The molecular weight excluding hydrogens is 438 g/mol. The number of methoxy groups -OCH3 is 1. The van der Waals surface area contributed by atoms with Crippen LogP contribution in [0.3, 0.4) is 0 Å². The van der Waals surface area contributed by atoms with Crippen LogP contribution in [0.25, 0.3) is 11.1 Å². The highest BCUT2D eigenvalue weighted by Crippen LogP contribution is 2.36. The number of nitrogens with one attached hydrogen (secondary N) is 1. The van der Waals surface area contributed by atoms with Gasteiger partial charge in [0, 0.05) is 60.8 Å². The van der Waals surface area contributed by atoms with Gasteiger partial charge < -0.3 is 15.0 Å². The molecule has 1 aromatic heterocycles. The van der Waals surface area contributed by atoms with E-state index in [1.165, 1.54) is 6.42 Å². The van der Waals surface area contributed by atoms with Gasteiger partial charge in [-0.25, -0.2) is 0 Å². The van der Waals surface area contributed by atoms with Gasteiger partial charge in [0.05, 0.1) is 18.8 Å². The first-order valence-electron chi connectivity index (χ1n) is 12.3. The molecule has 184 valence electrons. The second-order valence-corrected chi connectivity index (χ2v) is 10.1. The quantitative estimate of drug-likeness (QED) is 0.584. The topological polar surface area (TPSA) is 62.6 Å². The number of aromatic nitrogens is 2. The van der Waals surface area contributed by atoms with Crippen molar-refractivity contribution in [2.24, 2.45) is 7.05 Å². The van der Waals surface area contributed by atoms with E-state index in [9.17, 15) is 4.79 Å². The molecule has 2 bridgehead atoms. The number of fused-ring (bicyclic) bond motifs is 2. The highest BCUT2D eigenvalue weighted by atomic mass is 16.5. The summed E-state index contributed by atoms with van der Waals surface area (Å²) in [6, 6.07) is 13.4. The van der Waals surface area contributed by atoms with Crippen LogP contribution in [0.1, 0.15) is 46.6 Å². The normalized spacial score (nSPS) is 20.3. The minimum Gasteiger partial charge on any atom is -0.496 e. The van der Waals surface area contributed by atoms with Gasteiger partial charge in [0.1, 0.15) is 5.75 Å². The van der Waals surface area contributed by atoms with E-state index in [0.29, 0.717) is 12.1 Å².